The molecule has 0 fully saturated rings. The lowest BCUT2D eigenvalue weighted by molar-refractivity contribution is 0.660. The van der Waals surface area contributed by atoms with Crippen LogP contribution in [0.2, 0.25) is 0 Å². The van der Waals surface area contributed by atoms with Crippen molar-refractivity contribution in [3.63, 3.8) is 0 Å². The van der Waals surface area contributed by atoms with E-state index in [0.717, 1.165) is 44.8 Å². The summed E-state index contributed by atoms with van der Waals surface area (Å²) >= 11 is 0. The van der Waals surface area contributed by atoms with Crippen LogP contribution in [0.1, 0.15) is 25.0 Å². The molecule has 0 saturated carbocycles. The van der Waals surface area contributed by atoms with Crippen molar-refractivity contribution in [1.29, 1.82) is 0 Å². The molecular formula is C59H42N2. The highest BCUT2D eigenvalue weighted by molar-refractivity contribution is 6.03. The van der Waals surface area contributed by atoms with E-state index in [1.54, 1.807) is 0 Å². The van der Waals surface area contributed by atoms with Crippen molar-refractivity contribution in [2.45, 2.75) is 19.3 Å². The summed E-state index contributed by atoms with van der Waals surface area (Å²) in [6.45, 7) is 4.72. The van der Waals surface area contributed by atoms with E-state index in [9.17, 15) is 0 Å². The fourth-order valence-electron chi connectivity index (χ4n) is 9.34. The number of nitrogens with zero attached hydrogens (tertiary/aromatic N) is 2. The maximum absolute atomic E-state index is 5.26. The van der Waals surface area contributed by atoms with Crippen molar-refractivity contribution in [3.8, 4) is 89.5 Å². The zero-order chi connectivity index (χ0) is 40.9. The number of hydrogen-bond acceptors (Lipinski definition) is 2. The Morgan fingerprint density at radius 3 is 1.57 bits per heavy atom. The van der Waals surface area contributed by atoms with Gasteiger partial charge in [-0.15, -0.1) is 0 Å². The summed E-state index contributed by atoms with van der Waals surface area (Å²) < 4.78 is 0. The SMILES string of the molecule is CC1(C)c2ccccc2-c2cc(-c3cccc4ccccc34)c(-c3cccc(-c4cccc(-c5nc(-c6ccccc6)cc(-c6cccc(-c7ccccc7)c6)n5)c4)c3)cc21. The van der Waals surface area contributed by atoms with E-state index in [0.29, 0.717) is 5.82 Å². The Labute approximate surface area is 357 Å². The monoisotopic (exact) mass is 778 g/mol. The lowest BCUT2D eigenvalue weighted by Gasteiger charge is -2.23. The minimum atomic E-state index is -0.125. The van der Waals surface area contributed by atoms with Gasteiger partial charge in [-0.25, -0.2) is 9.97 Å². The summed E-state index contributed by atoms with van der Waals surface area (Å²) in [5.74, 6) is 0.693. The Kier molecular flexibility index (Phi) is 8.86. The fourth-order valence-corrected chi connectivity index (χ4v) is 9.34. The Bertz CT molecular complexity index is 3270. The first kappa shape index (κ1) is 36.4. The average molecular weight is 779 g/mol. The smallest absolute Gasteiger partial charge is 0.160 e. The van der Waals surface area contributed by atoms with Gasteiger partial charge in [0.15, 0.2) is 5.82 Å². The molecule has 10 aromatic rings. The van der Waals surface area contributed by atoms with Crippen LogP contribution < -0.4 is 0 Å². The van der Waals surface area contributed by atoms with Crippen LogP contribution in [0.15, 0.2) is 218 Å². The van der Waals surface area contributed by atoms with Gasteiger partial charge in [-0.2, -0.15) is 0 Å². The molecule has 0 unspecified atom stereocenters. The van der Waals surface area contributed by atoms with Crippen LogP contribution in [-0.4, -0.2) is 9.97 Å². The van der Waals surface area contributed by atoms with Gasteiger partial charge in [0.2, 0.25) is 0 Å². The maximum atomic E-state index is 5.26. The van der Waals surface area contributed by atoms with E-state index >= 15 is 0 Å². The second kappa shape index (κ2) is 14.9. The minimum absolute atomic E-state index is 0.125. The van der Waals surface area contributed by atoms with Crippen molar-refractivity contribution < 1.29 is 0 Å². The zero-order valence-electron chi connectivity index (χ0n) is 34.2. The van der Waals surface area contributed by atoms with Crippen LogP contribution in [0.5, 0.6) is 0 Å². The molecule has 0 saturated heterocycles. The largest absolute Gasteiger partial charge is 0.228 e. The molecule has 288 valence electrons. The van der Waals surface area contributed by atoms with Crippen LogP contribution in [-0.2, 0) is 5.41 Å². The van der Waals surface area contributed by atoms with Crippen molar-refractivity contribution >= 4 is 10.8 Å². The summed E-state index contributed by atoms with van der Waals surface area (Å²) in [6.07, 6.45) is 0. The highest BCUT2D eigenvalue weighted by Crippen LogP contribution is 2.52. The van der Waals surface area contributed by atoms with E-state index in [1.807, 2.05) is 6.07 Å². The Morgan fingerprint density at radius 2 is 0.803 bits per heavy atom. The molecule has 1 heterocycles. The predicted octanol–water partition coefficient (Wildman–Crippen LogP) is 15.6. The van der Waals surface area contributed by atoms with Crippen LogP contribution in [0.4, 0.5) is 0 Å². The number of hydrogen-bond donors (Lipinski definition) is 0. The van der Waals surface area contributed by atoms with Crippen LogP contribution in [0.3, 0.4) is 0 Å². The number of fused-ring (bicyclic) bond motifs is 4. The van der Waals surface area contributed by atoms with Gasteiger partial charge >= 0.3 is 0 Å². The number of benzene rings is 9. The second-order valence-electron chi connectivity index (χ2n) is 16.6. The van der Waals surface area contributed by atoms with E-state index < -0.39 is 0 Å². The molecule has 61 heavy (non-hydrogen) atoms. The molecule has 2 nitrogen and oxygen atoms in total. The molecule has 0 N–H and O–H groups in total. The second-order valence-corrected chi connectivity index (χ2v) is 16.6. The first-order chi connectivity index (χ1) is 30.0. The Hall–Kier alpha value is -7.68. The van der Waals surface area contributed by atoms with Crippen LogP contribution in [0, 0.1) is 0 Å². The summed E-state index contributed by atoms with van der Waals surface area (Å²) in [4.78, 5) is 10.5. The molecule has 11 rings (SSSR count). The van der Waals surface area contributed by atoms with Gasteiger partial charge < -0.3 is 0 Å². The molecule has 0 bridgehead atoms. The third-order valence-electron chi connectivity index (χ3n) is 12.5. The topological polar surface area (TPSA) is 25.8 Å². The Morgan fingerprint density at radius 1 is 0.295 bits per heavy atom. The third-order valence-corrected chi connectivity index (χ3v) is 12.5. The van der Waals surface area contributed by atoms with E-state index in [4.69, 9.17) is 9.97 Å². The van der Waals surface area contributed by atoms with E-state index in [1.165, 1.54) is 60.8 Å². The molecule has 1 aromatic heterocycles. The molecule has 0 aliphatic heterocycles. The lowest BCUT2D eigenvalue weighted by Crippen LogP contribution is -2.15. The van der Waals surface area contributed by atoms with Gasteiger partial charge in [-0.1, -0.05) is 196 Å². The third kappa shape index (κ3) is 6.54. The minimum Gasteiger partial charge on any atom is -0.228 e. The summed E-state index contributed by atoms with van der Waals surface area (Å²) in [7, 11) is 0. The van der Waals surface area contributed by atoms with Crippen molar-refractivity contribution in [3.05, 3.63) is 230 Å². The van der Waals surface area contributed by atoms with Gasteiger partial charge in [0, 0.05) is 22.1 Å². The highest BCUT2D eigenvalue weighted by atomic mass is 14.9. The number of aromatic nitrogens is 2. The number of rotatable bonds is 7. The van der Waals surface area contributed by atoms with Crippen molar-refractivity contribution in [2.75, 3.05) is 0 Å². The first-order valence-corrected chi connectivity index (χ1v) is 21.1. The summed E-state index contributed by atoms with van der Waals surface area (Å²) in [5, 5.41) is 2.49. The molecule has 0 atom stereocenters. The molecule has 0 spiro atoms. The van der Waals surface area contributed by atoms with Gasteiger partial charge in [0.1, 0.15) is 0 Å². The average Bonchev–Trinajstić information content (AvgIpc) is 3.56. The molecule has 2 heteroatoms. The normalized spacial score (nSPS) is 12.6. The van der Waals surface area contributed by atoms with Crippen molar-refractivity contribution in [1.82, 2.24) is 9.97 Å². The van der Waals surface area contributed by atoms with E-state index in [2.05, 4.69) is 226 Å². The van der Waals surface area contributed by atoms with Gasteiger partial charge in [-0.3, -0.25) is 0 Å². The van der Waals surface area contributed by atoms with Crippen LogP contribution >= 0.6 is 0 Å². The molecule has 1 aliphatic rings. The van der Waals surface area contributed by atoms with Gasteiger partial charge in [0.05, 0.1) is 11.4 Å². The van der Waals surface area contributed by atoms with Crippen LogP contribution in [0.25, 0.3) is 100 Å². The quantitative estimate of drug-likeness (QED) is 0.161. The molecule has 0 amide bonds. The predicted molar refractivity (Wildman–Crippen MR) is 255 cm³/mol. The van der Waals surface area contributed by atoms with Crippen molar-refractivity contribution in [2.24, 2.45) is 0 Å². The van der Waals surface area contributed by atoms with Gasteiger partial charge in [-0.05, 0) is 114 Å². The molecular weight excluding hydrogens is 737 g/mol. The standard InChI is InChI=1S/C59H42N2/c1-59(2)54-32-12-11-30-50(54)53-36-52(49-31-16-22-40-19-9-10-29-48(40)49)51(37-55(53)59)45-26-13-24-43(33-45)44-25-15-28-47(35-44)58-60-56(41-20-7-4-8-21-41)38-57(61-58)46-27-14-23-42(34-46)39-17-5-3-6-18-39/h3-38H,1-2H3. The Balaban J connectivity index is 1.04. The highest BCUT2D eigenvalue weighted by Gasteiger charge is 2.36. The summed E-state index contributed by atoms with van der Waals surface area (Å²) in [6, 6.07) is 78.6. The zero-order valence-corrected chi connectivity index (χ0v) is 34.2. The molecule has 9 aromatic carbocycles. The fraction of sp³-hybridized carbons (Fsp3) is 0.0508. The summed E-state index contributed by atoms with van der Waals surface area (Å²) in [5.41, 5.74) is 19.6. The maximum Gasteiger partial charge on any atom is 0.160 e. The molecule has 1 aliphatic carbocycles. The lowest BCUT2D eigenvalue weighted by atomic mass is 9.80. The first-order valence-electron chi connectivity index (χ1n) is 21.1. The van der Waals surface area contributed by atoms with Gasteiger partial charge in [0.25, 0.3) is 0 Å². The molecule has 0 radical (unpaired) electrons. The van der Waals surface area contributed by atoms with E-state index in [-0.39, 0.29) is 5.41 Å².